The molecule has 2 aromatic rings. The first-order valence-corrected chi connectivity index (χ1v) is 11.9. The van der Waals surface area contributed by atoms with Gasteiger partial charge in [-0.25, -0.2) is 0 Å². The largest absolute Gasteiger partial charge is 0.375 e. The number of hydrogen-bond donors (Lipinski definition) is 1. The Morgan fingerprint density at radius 1 is 1.13 bits per heavy atom. The molecule has 2 heterocycles. The summed E-state index contributed by atoms with van der Waals surface area (Å²) in [6.07, 6.45) is 9.72. The van der Waals surface area contributed by atoms with Crippen molar-refractivity contribution < 1.29 is 4.74 Å². The Labute approximate surface area is 183 Å². The fourth-order valence-electron chi connectivity index (χ4n) is 6.20. The van der Waals surface area contributed by atoms with Crippen LogP contribution in [0.3, 0.4) is 0 Å². The quantitative estimate of drug-likeness (QED) is 0.584. The monoisotopic (exact) mass is 424 g/mol. The summed E-state index contributed by atoms with van der Waals surface area (Å²) in [5.41, 5.74) is 4.34. The highest BCUT2D eigenvalue weighted by molar-refractivity contribution is 7.71. The minimum atomic E-state index is -0.230. The van der Waals surface area contributed by atoms with E-state index >= 15 is 0 Å². The van der Waals surface area contributed by atoms with E-state index in [0.29, 0.717) is 11.4 Å². The topological polar surface area (TPSA) is 47.0 Å². The zero-order valence-corrected chi connectivity index (χ0v) is 18.9. The van der Waals surface area contributed by atoms with Crippen LogP contribution in [0.1, 0.15) is 82.4 Å². The van der Waals surface area contributed by atoms with Gasteiger partial charge in [0.25, 0.3) is 5.56 Å². The van der Waals surface area contributed by atoms with E-state index in [0.717, 1.165) is 48.9 Å². The van der Waals surface area contributed by atoms with Gasteiger partial charge in [-0.2, -0.15) is 0 Å². The fourth-order valence-corrected chi connectivity index (χ4v) is 6.53. The second-order valence-electron chi connectivity index (χ2n) is 10.1. The van der Waals surface area contributed by atoms with Gasteiger partial charge in [-0.3, -0.25) is 9.36 Å². The van der Waals surface area contributed by atoms with Crippen molar-refractivity contribution >= 4 is 12.2 Å². The Bertz CT molecular complexity index is 1070. The molecule has 0 amide bonds. The minimum Gasteiger partial charge on any atom is -0.375 e. The first-order valence-electron chi connectivity index (χ1n) is 11.5. The van der Waals surface area contributed by atoms with Crippen molar-refractivity contribution in [2.75, 3.05) is 6.61 Å². The highest BCUT2D eigenvalue weighted by atomic mass is 32.1. The number of fused-ring (bicyclic) bond motifs is 4. The van der Waals surface area contributed by atoms with Crippen LogP contribution in [0.15, 0.2) is 29.1 Å². The molecule has 160 valence electrons. The molecule has 1 aromatic heterocycles. The van der Waals surface area contributed by atoms with Crippen LogP contribution in [0.25, 0.3) is 11.3 Å². The van der Waals surface area contributed by atoms with Crippen molar-refractivity contribution in [2.45, 2.75) is 88.7 Å². The molecule has 0 bridgehead atoms. The maximum absolute atomic E-state index is 14.2. The average molecular weight is 425 g/mol. The molecule has 2 aliphatic carbocycles. The number of rotatable bonds is 1. The molecule has 4 nitrogen and oxygen atoms in total. The highest BCUT2D eigenvalue weighted by Crippen LogP contribution is 2.48. The summed E-state index contributed by atoms with van der Waals surface area (Å²) in [5.74, 6) is 0. The third-order valence-corrected chi connectivity index (χ3v) is 7.87. The Morgan fingerprint density at radius 3 is 2.60 bits per heavy atom. The van der Waals surface area contributed by atoms with E-state index in [4.69, 9.17) is 17.0 Å². The molecule has 3 aliphatic rings. The molecule has 5 heteroatoms. The van der Waals surface area contributed by atoms with E-state index in [-0.39, 0.29) is 22.6 Å². The Morgan fingerprint density at radius 2 is 1.87 bits per heavy atom. The van der Waals surface area contributed by atoms with Crippen molar-refractivity contribution in [1.82, 2.24) is 9.55 Å². The zero-order valence-electron chi connectivity index (χ0n) is 18.1. The molecule has 0 radical (unpaired) electrons. The maximum Gasteiger partial charge on any atom is 0.258 e. The van der Waals surface area contributed by atoms with Crippen molar-refractivity contribution in [3.8, 4) is 11.3 Å². The number of nitrogens with zero attached hydrogens (tertiary/aromatic N) is 1. The predicted molar refractivity (Wildman–Crippen MR) is 123 cm³/mol. The number of ether oxygens (including phenoxy) is 1. The summed E-state index contributed by atoms with van der Waals surface area (Å²) in [5, 5.41) is 0. The smallest absolute Gasteiger partial charge is 0.258 e. The lowest BCUT2D eigenvalue weighted by molar-refractivity contribution is -0.0699. The average Bonchev–Trinajstić information content (AvgIpc) is 2.93. The van der Waals surface area contributed by atoms with Crippen molar-refractivity contribution in [3.05, 3.63) is 50.5 Å². The second kappa shape index (κ2) is 7.45. The molecule has 1 aliphatic heterocycles. The summed E-state index contributed by atoms with van der Waals surface area (Å²) in [7, 11) is 0. The van der Waals surface area contributed by atoms with Crippen LogP contribution >= 0.6 is 12.2 Å². The standard InChI is InChI=1S/C25H32N2O2S/c1-24(2)16-18(11-14-29-24)27-22(28)20-21(26-23(27)30)19-10-6-5-9-17(19)15-25(20)12-7-3-4-8-13-25/h5-6,9-10,18H,3-4,7-8,11-16H2,1-2H3,(H,26,30). The van der Waals surface area contributed by atoms with E-state index in [9.17, 15) is 4.79 Å². The molecule has 1 unspecified atom stereocenters. The molecule has 1 saturated carbocycles. The number of aromatic nitrogens is 2. The Hall–Kier alpha value is -1.72. The van der Waals surface area contributed by atoms with Gasteiger partial charge in [-0.1, -0.05) is 49.9 Å². The van der Waals surface area contributed by atoms with Gasteiger partial charge in [0.2, 0.25) is 0 Å². The van der Waals surface area contributed by atoms with E-state index in [2.05, 4.69) is 43.1 Å². The third kappa shape index (κ3) is 3.31. The molecular formula is C25H32N2O2S. The lowest BCUT2D eigenvalue weighted by Crippen LogP contribution is -2.44. The van der Waals surface area contributed by atoms with Crippen LogP contribution in [-0.4, -0.2) is 21.8 Å². The normalized spacial score (nSPS) is 24.7. The van der Waals surface area contributed by atoms with E-state index in [1.807, 2.05) is 4.57 Å². The SMILES string of the molecule is CC1(C)CC(n2c(=S)[nH]c3c(c2=O)C2(CCCCCC2)Cc2ccccc2-3)CCO1. The number of benzene rings is 1. The number of hydrogen-bond acceptors (Lipinski definition) is 3. The minimum absolute atomic E-state index is 0.0702. The Kier molecular flexibility index (Phi) is 5.02. The van der Waals surface area contributed by atoms with E-state index in [1.165, 1.54) is 31.2 Å². The van der Waals surface area contributed by atoms with Crippen LogP contribution in [0, 0.1) is 4.77 Å². The molecule has 1 spiro atoms. The first kappa shape index (κ1) is 20.2. The van der Waals surface area contributed by atoms with Gasteiger partial charge in [0.1, 0.15) is 0 Å². The zero-order chi connectivity index (χ0) is 20.9. The summed E-state index contributed by atoms with van der Waals surface area (Å²) in [6.45, 7) is 4.89. The molecular weight excluding hydrogens is 392 g/mol. The van der Waals surface area contributed by atoms with Gasteiger partial charge in [0.15, 0.2) is 4.77 Å². The van der Waals surface area contributed by atoms with Gasteiger partial charge in [0.05, 0.1) is 11.3 Å². The van der Waals surface area contributed by atoms with E-state index < -0.39 is 0 Å². The first-order chi connectivity index (χ1) is 14.4. The number of aromatic amines is 1. The van der Waals surface area contributed by atoms with Gasteiger partial charge in [-0.15, -0.1) is 0 Å². The summed E-state index contributed by atoms with van der Waals surface area (Å²) in [4.78, 5) is 17.7. The summed E-state index contributed by atoms with van der Waals surface area (Å²) < 4.78 is 8.38. The van der Waals surface area contributed by atoms with Gasteiger partial charge in [-0.05, 0) is 63.7 Å². The summed E-state index contributed by atoms with van der Waals surface area (Å²) >= 11 is 5.79. The van der Waals surface area contributed by atoms with E-state index in [1.54, 1.807) is 0 Å². The lowest BCUT2D eigenvalue weighted by Gasteiger charge is -2.41. The predicted octanol–water partition coefficient (Wildman–Crippen LogP) is 5.85. The van der Waals surface area contributed by atoms with Crippen molar-refractivity contribution in [2.24, 2.45) is 0 Å². The van der Waals surface area contributed by atoms with Crippen molar-refractivity contribution in [3.63, 3.8) is 0 Å². The van der Waals surface area contributed by atoms with Crippen LogP contribution in [0.5, 0.6) is 0 Å². The molecule has 1 aromatic carbocycles. The molecule has 1 atom stereocenters. The highest BCUT2D eigenvalue weighted by Gasteiger charge is 2.43. The molecule has 1 saturated heterocycles. The van der Waals surface area contributed by atoms with Crippen molar-refractivity contribution in [1.29, 1.82) is 0 Å². The fraction of sp³-hybridized carbons (Fsp3) is 0.600. The van der Waals surface area contributed by atoms with Crippen LogP contribution in [0.2, 0.25) is 0 Å². The van der Waals surface area contributed by atoms with Crippen LogP contribution in [0.4, 0.5) is 0 Å². The third-order valence-electron chi connectivity index (χ3n) is 7.58. The summed E-state index contributed by atoms with van der Waals surface area (Å²) in [6, 6.07) is 8.65. The van der Waals surface area contributed by atoms with Gasteiger partial charge >= 0.3 is 0 Å². The van der Waals surface area contributed by atoms with Crippen LogP contribution in [-0.2, 0) is 16.6 Å². The maximum atomic E-state index is 14.2. The van der Waals surface area contributed by atoms with Gasteiger partial charge in [0, 0.05) is 29.2 Å². The van der Waals surface area contributed by atoms with Crippen LogP contribution < -0.4 is 5.56 Å². The molecule has 1 N–H and O–H groups in total. The second-order valence-corrected chi connectivity index (χ2v) is 10.5. The van der Waals surface area contributed by atoms with Gasteiger partial charge < -0.3 is 9.72 Å². The molecule has 5 rings (SSSR count). The number of nitrogens with one attached hydrogen (secondary N) is 1. The number of H-pyrrole nitrogens is 1. The molecule has 2 fully saturated rings. The lowest BCUT2D eigenvalue weighted by atomic mass is 9.65. The molecule has 30 heavy (non-hydrogen) atoms. The Balaban J connectivity index is 1.74.